The number of azo groups is 1. The molecule has 0 bridgehead atoms. The van der Waals surface area contributed by atoms with Gasteiger partial charge in [0.25, 0.3) is 5.95 Å². The first-order chi connectivity index (χ1) is 13.0. The Labute approximate surface area is 149 Å². The summed E-state index contributed by atoms with van der Waals surface area (Å²) in [6, 6.07) is 0.504. The Balaban J connectivity index is 1.84. The van der Waals surface area contributed by atoms with E-state index in [1.807, 2.05) is 6.07 Å². The molecule has 0 aromatic carbocycles. The first-order valence-electron chi connectivity index (χ1n) is 7.42. The van der Waals surface area contributed by atoms with Gasteiger partial charge in [0.05, 0.1) is 11.9 Å². The van der Waals surface area contributed by atoms with Crippen molar-refractivity contribution >= 4 is 17.2 Å². The van der Waals surface area contributed by atoms with Gasteiger partial charge >= 0.3 is 12.0 Å². The van der Waals surface area contributed by atoms with Crippen molar-refractivity contribution in [2.24, 2.45) is 10.2 Å². The molecule has 0 saturated heterocycles. The number of nitrogens with zero attached hydrogens (tertiary/aromatic N) is 11. The molecule has 3 N–H and O–H groups in total. The maximum atomic E-state index is 9.44. The van der Waals surface area contributed by atoms with Crippen molar-refractivity contribution in [1.29, 1.82) is 5.26 Å². The summed E-state index contributed by atoms with van der Waals surface area (Å²) >= 11 is 0. The smallest absolute Gasteiger partial charge is 0.321 e. The fourth-order valence-electron chi connectivity index (χ4n) is 2.34. The van der Waals surface area contributed by atoms with Gasteiger partial charge in [0.1, 0.15) is 17.5 Å². The predicted octanol–water partition coefficient (Wildman–Crippen LogP) is 0.743. The molecular formula is C13H10N12O2. The van der Waals surface area contributed by atoms with Gasteiger partial charge in [-0.25, -0.2) is 0 Å². The lowest BCUT2D eigenvalue weighted by atomic mass is 10.4. The Bertz CT molecular complexity index is 1220. The number of nitriles is 1. The summed E-state index contributed by atoms with van der Waals surface area (Å²) in [5.41, 5.74) is 1.61. The average molecular weight is 366 g/mol. The van der Waals surface area contributed by atoms with Crippen molar-refractivity contribution < 1.29 is 10.2 Å². The Kier molecular flexibility index (Phi) is 3.48. The van der Waals surface area contributed by atoms with Crippen LogP contribution < -0.4 is 0 Å². The number of nitrogens with one attached hydrogen (secondary N) is 1. The Morgan fingerprint density at radius 3 is 2.56 bits per heavy atom. The third-order valence-corrected chi connectivity index (χ3v) is 3.45. The van der Waals surface area contributed by atoms with Gasteiger partial charge in [-0.3, -0.25) is 0 Å². The number of fused-ring (bicyclic) bond motifs is 1. The van der Waals surface area contributed by atoms with Gasteiger partial charge in [0.2, 0.25) is 0 Å². The van der Waals surface area contributed by atoms with Crippen LogP contribution in [0.25, 0.3) is 11.6 Å². The number of aryl methyl sites for hydroxylation is 2. The highest BCUT2D eigenvalue weighted by Gasteiger charge is 2.18. The van der Waals surface area contributed by atoms with Crippen LogP contribution in [0.5, 0.6) is 12.0 Å². The molecule has 0 radical (unpaired) electrons. The van der Waals surface area contributed by atoms with E-state index in [4.69, 9.17) is 0 Å². The molecule has 27 heavy (non-hydrogen) atoms. The standard InChI is InChI=1S/C13H10N12O2/c1-5-8(10-16-6(2)23-25(10)22-5)20-21-9-7(3-14)4-15-24(9)11-17-12(26)19-13(27)18-11/h4H,1-2H3,(H,16,23)(H2,17,18,19,26,27)/b21-20+. The van der Waals surface area contributed by atoms with E-state index in [-0.39, 0.29) is 17.3 Å². The molecule has 134 valence electrons. The molecule has 14 nitrogen and oxygen atoms in total. The van der Waals surface area contributed by atoms with Gasteiger partial charge in [0, 0.05) is 0 Å². The van der Waals surface area contributed by atoms with Crippen LogP contribution in [0.2, 0.25) is 0 Å². The van der Waals surface area contributed by atoms with Gasteiger partial charge < -0.3 is 15.2 Å². The van der Waals surface area contributed by atoms with Crippen LogP contribution in [-0.2, 0) is 0 Å². The lowest BCUT2D eigenvalue weighted by Gasteiger charge is -2.02. The van der Waals surface area contributed by atoms with E-state index in [9.17, 15) is 15.5 Å². The van der Waals surface area contributed by atoms with Gasteiger partial charge in [-0.05, 0) is 13.8 Å². The molecular weight excluding hydrogens is 356 g/mol. The molecule has 0 aliphatic carbocycles. The minimum atomic E-state index is -0.712. The van der Waals surface area contributed by atoms with Crippen molar-refractivity contribution in [1.82, 2.24) is 44.5 Å². The second-order valence-electron chi connectivity index (χ2n) is 5.32. The van der Waals surface area contributed by atoms with E-state index in [1.165, 1.54) is 10.8 Å². The Morgan fingerprint density at radius 2 is 1.85 bits per heavy atom. The number of hydrogen-bond donors (Lipinski definition) is 3. The van der Waals surface area contributed by atoms with Crippen LogP contribution in [0.4, 0.5) is 11.5 Å². The highest BCUT2D eigenvalue weighted by molar-refractivity contribution is 5.66. The van der Waals surface area contributed by atoms with Gasteiger partial charge in [0.15, 0.2) is 17.2 Å². The van der Waals surface area contributed by atoms with E-state index in [2.05, 4.69) is 45.5 Å². The lowest BCUT2D eigenvalue weighted by molar-refractivity contribution is 0.379. The number of aromatic hydroxyl groups is 2. The fourth-order valence-corrected chi connectivity index (χ4v) is 2.34. The second-order valence-corrected chi connectivity index (χ2v) is 5.32. The van der Waals surface area contributed by atoms with Crippen molar-refractivity contribution in [2.45, 2.75) is 13.8 Å². The molecule has 4 heterocycles. The maximum absolute atomic E-state index is 9.44. The first-order valence-corrected chi connectivity index (χ1v) is 7.42. The van der Waals surface area contributed by atoms with E-state index in [1.54, 1.807) is 13.8 Å². The minimum absolute atomic E-state index is 0.00233. The summed E-state index contributed by atoms with van der Waals surface area (Å²) in [6.45, 7) is 3.50. The summed E-state index contributed by atoms with van der Waals surface area (Å²) < 4.78 is 2.43. The zero-order chi connectivity index (χ0) is 19.1. The van der Waals surface area contributed by atoms with E-state index in [0.717, 1.165) is 4.68 Å². The Morgan fingerprint density at radius 1 is 1.11 bits per heavy atom. The highest BCUT2D eigenvalue weighted by atomic mass is 16.3. The van der Waals surface area contributed by atoms with Crippen LogP contribution in [0.3, 0.4) is 0 Å². The van der Waals surface area contributed by atoms with Crippen molar-refractivity contribution in [3.8, 4) is 24.0 Å². The zero-order valence-electron chi connectivity index (χ0n) is 13.9. The lowest BCUT2D eigenvalue weighted by Crippen LogP contribution is -2.03. The molecule has 0 fully saturated rings. The predicted molar refractivity (Wildman–Crippen MR) is 86.0 cm³/mol. The zero-order valence-corrected chi connectivity index (χ0v) is 13.9. The number of rotatable bonds is 3. The quantitative estimate of drug-likeness (QED) is 0.438. The average Bonchev–Trinajstić information content (AvgIpc) is 3.24. The first kappa shape index (κ1) is 16.1. The highest BCUT2D eigenvalue weighted by Crippen LogP contribution is 2.28. The Hall–Kier alpha value is -4.41. The van der Waals surface area contributed by atoms with Crippen LogP contribution in [0.1, 0.15) is 17.1 Å². The molecule has 0 unspecified atom stereocenters. The SMILES string of the molecule is Cc1nn2nc(C)c(/N=N/c3c(C#N)cnn3-c3nc(O)nc(O)n3)c2[nH]1. The van der Waals surface area contributed by atoms with Gasteiger partial charge in [-0.15, -0.1) is 24.9 Å². The molecule has 0 aliphatic heterocycles. The summed E-state index contributed by atoms with van der Waals surface area (Å²) in [6.07, 6.45) is 1.23. The monoisotopic (exact) mass is 366 g/mol. The number of hydrogen-bond acceptors (Lipinski definition) is 11. The molecule has 0 aliphatic rings. The van der Waals surface area contributed by atoms with Crippen molar-refractivity contribution in [3.63, 3.8) is 0 Å². The van der Waals surface area contributed by atoms with Crippen molar-refractivity contribution in [3.05, 3.63) is 23.3 Å². The molecule has 0 atom stereocenters. The summed E-state index contributed by atoms with van der Waals surface area (Å²) in [5.74, 6) is 0.412. The largest absolute Gasteiger partial charge is 0.479 e. The molecule has 0 saturated carbocycles. The summed E-state index contributed by atoms with van der Waals surface area (Å²) in [5, 5.41) is 48.7. The molecule has 4 aromatic heterocycles. The maximum Gasteiger partial charge on any atom is 0.321 e. The van der Waals surface area contributed by atoms with E-state index >= 15 is 0 Å². The number of H-pyrrole nitrogens is 1. The van der Waals surface area contributed by atoms with Crippen LogP contribution in [0, 0.1) is 25.2 Å². The number of aromatic amines is 1. The summed E-state index contributed by atoms with van der Waals surface area (Å²) in [7, 11) is 0. The molecule has 14 heteroatoms. The topological polar surface area (TPSA) is 191 Å². The van der Waals surface area contributed by atoms with Crippen molar-refractivity contribution in [2.75, 3.05) is 0 Å². The van der Waals surface area contributed by atoms with Gasteiger partial charge in [-0.1, -0.05) is 0 Å². The second kappa shape index (κ2) is 5.84. The molecule has 0 spiro atoms. The minimum Gasteiger partial charge on any atom is -0.479 e. The number of aromatic nitrogens is 9. The third kappa shape index (κ3) is 2.68. The van der Waals surface area contributed by atoms with E-state index < -0.39 is 12.0 Å². The molecule has 4 rings (SSSR count). The summed E-state index contributed by atoms with van der Waals surface area (Å²) in [4.78, 5) is 13.6. The fraction of sp³-hybridized carbons (Fsp3) is 0.154. The van der Waals surface area contributed by atoms with Crippen LogP contribution >= 0.6 is 0 Å². The molecule has 0 amide bonds. The van der Waals surface area contributed by atoms with E-state index in [0.29, 0.717) is 22.9 Å². The van der Waals surface area contributed by atoms with Crippen LogP contribution in [0.15, 0.2) is 16.4 Å². The normalized spacial score (nSPS) is 11.4. The van der Waals surface area contributed by atoms with Gasteiger partial charge in [-0.2, -0.15) is 30.1 Å². The van der Waals surface area contributed by atoms with Crippen LogP contribution in [-0.4, -0.2) is 54.8 Å². The molecule has 4 aromatic rings. The third-order valence-electron chi connectivity index (χ3n) is 3.45.